The van der Waals surface area contributed by atoms with E-state index in [-0.39, 0.29) is 28.3 Å². The maximum absolute atomic E-state index is 12.3. The van der Waals surface area contributed by atoms with E-state index in [1.165, 1.54) is 0 Å². The lowest BCUT2D eigenvalue weighted by atomic mass is 10.0. The largest absolute Gasteiger partial charge is 0.477 e. The van der Waals surface area contributed by atoms with Crippen molar-refractivity contribution in [2.24, 2.45) is 15.9 Å². The number of aliphatic imine (C=N–C) groups is 2. The van der Waals surface area contributed by atoms with E-state index >= 15 is 0 Å². The quantitative estimate of drug-likeness (QED) is 0.590. The Morgan fingerprint density at radius 2 is 1.94 bits per heavy atom. The fourth-order valence-corrected chi connectivity index (χ4v) is 4.69. The number of hydrogen-bond acceptors (Lipinski definition) is 8. The van der Waals surface area contributed by atoms with Crippen LogP contribution in [0.1, 0.15) is 29.8 Å². The molecule has 1 aromatic rings. The van der Waals surface area contributed by atoms with Crippen LogP contribution in [0.15, 0.2) is 44.7 Å². The Hall–Kier alpha value is -2.92. The zero-order valence-electron chi connectivity index (χ0n) is 16.7. The van der Waals surface area contributed by atoms with Crippen molar-refractivity contribution >= 4 is 57.5 Å². The van der Waals surface area contributed by atoms with Crippen molar-refractivity contribution in [3.05, 3.63) is 45.9 Å². The van der Waals surface area contributed by atoms with Crippen LogP contribution < -0.4 is 5.32 Å². The third-order valence-corrected chi connectivity index (χ3v) is 6.47. The number of aliphatic carboxylic acids is 1. The van der Waals surface area contributed by atoms with Crippen molar-refractivity contribution in [3.8, 4) is 0 Å². The van der Waals surface area contributed by atoms with E-state index < -0.39 is 23.8 Å². The van der Waals surface area contributed by atoms with Crippen molar-refractivity contribution in [2.75, 3.05) is 12.4 Å². The Balaban J connectivity index is 1.50. The molecule has 2 heterocycles. The Labute approximate surface area is 186 Å². The Morgan fingerprint density at radius 3 is 2.58 bits per heavy atom. The molecule has 2 aliphatic rings. The van der Waals surface area contributed by atoms with Gasteiger partial charge in [-0.05, 0) is 37.1 Å². The number of rotatable bonds is 7. The van der Waals surface area contributed by atoms with Crippen LogP contribution in [0, 0.1) is 5.92 Å². The molecule has 9 nitrogen and oxygen atoms in total. The van der Waals surface area contributed by atoms with E-state index in [0.717, 1.165) is 29.1 Å². The minimum Gasteiger partial charge on any atom is -0.477 e. The number of benzene rings is 1. The summed E-state index contributed by atoms with van der Waals surface area (Å²) in [4.78, 5) is 55.6. The molecule has 11 heteroatoms. The summed E-state index contributed by atoms with van der Waals surface area (Å²) in [5, 5.41) is 12.5. The first-order valence-corrected chi connectivity index (χ1v) is 11.1. The van der Waals surface area contributed by atoms with Crippen molar-refractivity contribution in [3.63, 3.8) is 0 Å². The van der Waals surface area contributed by atoms with Crippen LogP contribution in [0.3, 0.4) is 0 Å². The smallest absolute Gasteiger partial charge is 0.342 e. The number of hydrogen-bond donors (Lipinski definition) is 2. The van der Waals surface area contributed by atoms with Crippen LogP contribution in [0.4, 0.5) is 0 Å². The number of thioether (sulfide) groups is 2. The normalized spacial score (nSPS) is 17.6. The van der Waals surface area contributed by atoms with Crippen LogP contribution >= 0.6 is 23.5 Å². The van der Waals surface area contributed by atoms with Gasteiger partial charge in [-0.25, -0.2) is 14.6 Å². The lowest BCUT2D eigenvalue weighted by Gasteiger charge is -2.14. The van der Waals surface area contributed by atoms with E-state index in [1.807, 2.05) is 0 Å². The molecule has 0 fully saturated rings. The molecule has 2 N–H and O–H groups in total. The second kappa shape index (κ2) is 9.92. The third-order valence-electron chi connectivity index (χ3n) is 4.38. The number of esters is 1. The summed E-state index contributed by atoms with van der Waals surface area (Å²) >= 11 is 1.95. The summed E-state index contributed by atoms with van der Waals surface area (Å²) in [7, 11) is 0. The molecule has 2 amide bonds. The average Bonchev–Trinajstić information content (AvgIpc) is 3.08. The molecular formula is C20H19N3O6S2. The fraction of sp³-hybridized carbons (Fsp3) is 0.300. The van der Waals surface area contributed by atoms with Crippen molar-refractivity contribution in [1.29, 1.82) is 0 Å². The summed E-state index contributed by atoms with van der Waals surface area (Å²) in [6, 6.07) is 6.71. The number of carboxylic acids is 1. The van der Waals surface area contributed by atoms with E-state index in [9.17, 15) is 24.3 Å². The van der Waals surface area contributed by atoms with Crippen molar-refractivity contribution in [2.45, 2.75) is 20.4 Å². The lowest BCUT2D eigenvalue weighted by molar-refractivity contribution is -0.131. The minimum atomic E-state index is -1.10. The number of carbonyl (C=O) groups excluding carboxylic acids is 3. The topological polar surface area (TPSA) is 134 Å². The number of fused-ring (bicyclic) bond motifs is 1. The van der Waals surface area contributed by atoms with E-state index in [1.54, 1.807) is 38.1 Å². The summed E-state index contributed by atoms with van der Waals surface area (Å²) < 4.78 is 4.92. The highest BCUT2D eigenvalue weighted by atomic mass is 32.2. The molecule has 3 rings (SSSR count). The Bertz CT molecular complexity index is 1030. The Morgan fingerprint density at radius 1 is 1.23 bits per heavy atom. The number of nitrogens with zero attached hydrogens (tertiary/aromatic N) is 2. The summed E-state index contributed by atoms with van der Waals surface area (Å²) in [6.45, 7) is 3.89. The molecule has 0 radical (unpaired) electrons. The number of ether oxygens (including phenoxy) is 1. The molecule has 2 aliphatic heterocycles. The van der Waals surface area contributed by atoms with Crippen LogP contribution in [-0.4, -0.2) is 51.4 Å². The average molecular weight is 462 g/mol. The maximum Gasteiger partial charge on any atom is 0.342 e. The summed E-state index contributed by atoms with van der Waals surface area (Å²) in [5.41, 5.74) is 1.68. The highest BCUT2D eigenvalue weighted by Gasteiger charge is 2.40. The first-order valence-electron chi connectivity index (χ1n) is 9.28. The third kappa shape index (κ3) is 5.42. The Kier molecular flexibility index (Phi) is 7.29. The number of carbonyl (C=O) groups is 4. The molecule has 1 atom stereocenters. The highest BCUT2D eigenvalue weighted by molar-refractivity contribution is 8.19. The second-order valence-corrected chi connectivity index (χ2v) is 8.49. The fourth-order valence-electron chi connectivity index (χ4n) is 2.85. The van der Waals surface area contributed by atoms with E-state index in [2.05, 4.69) is 15.3 Å². The van der Waals surface area contributed by atoms with E-state index in [4.69, 9.17) is 4.74 Å². The number of carboxylic acid groups (broad SMARTS) is 1. The second-order valence-electron chi connectivity index (χ2n) is 6.52. The maximum atomic E-state index is 12.3. The van der Waals surface area contributed by atoms with Crippen molar-refractivity contribution < 1.29 is 29.0 Å². The molecule has 0 saturated heterocycles. The van der Waals surface area contributed by atoms with Crippen LogP contribution in [0.2, 0.25) is 0 Å². The van der Waals surface area contributed by atoms with Gasteiger partial charge in [0.2, 0.25) is 5.91 Å². The van der Waals surface area contributed by atoms with Gasteiger partial charge in [-0.2, -0.15) is 4.99 Å². The van der Waals surface area contributed by atoms with Gasteiger partial charge in [0.1, 0.15) is 5.92 Å². The number of amidine groups is 1. The van der Waals surface area contributed by atoms with Crippen LogP contribution in [0.25, 0.3) is 0 Å². The number of amides is 2. The first kappa shape index (κ1) is 22.8. The van der Waals surface area contributed by atoms with Gasteiger partial charge in [0.25, 0.3) is 5.91 Å². The zero-order valence-corrected chi connectivity index (χ0v) is 18.3. The predicted molar refractivity (Wildman–Crippen MR) is 118 cm³/mol. The SMILES string of the molecule is CCOC(=O)c1ccc(CNC(=O)CSC2=NC(=O)C3C(=N2)SC(C(=O)O)=C3C)cc1. The molecular weight excluding hydrogens is 442 g/mol. The van der Waals surface area contributed by atoms with Gasteiger partial charge in [-0.1, -0.05) is 35.7 Å². The minimum absolute atomic E-state index is 0.00264. The van der Waals surface area contributed by atoms with Gasteiger partial charge >= 0.3 is 11.9 Å². The molecule has 0 bridgehead atoms. The first-order chi connectivity index (χ1) is 14.8. The molecule has 0 aliphatic carbocycles. The van der Waals surface area contributed by atoms with Gasteiger partial charge in [0.15, 0.2) is 5.17 Å². The standard InChI is InChI=1S/C20H19N3O6S2/c1-3-29-19(28)12-6-4-11(5-7-12)8-21-13(24)9-30-20-22-16(25)14-10(2)15(18(26)27)31-17(14)23-20/h4-7,14H,3,8-9H2,1-2H3,(H,21,24)(H,26,27). The van der Waals surface area contributed by atoms with Gasteiger partial charge < -0.3 is 15.2 Å². The monoisotopic (exact) mass is 461 g/mol. The number of nitrogens with one attached hydrogen (secondary N) is 1. The lowest BCUT2D eigenvalue weighted by Crippen LogP contribution is -2.27. The van der Waals surface area contributed by atoms with Gasteiger partial charge in [0.05, 0.1) is 27.9 Å². The molecule has 1 unspecified atom stereocenters. The molecule has 0 saturated carbocycles. The van der Waals surface area contributed by atoms with Crippen LogP contribution in [0.5, 0.6) is 0 Å². The van der Waals surface area contributed by atoms with Crippen molar-refractivity contribution in [1.82, 2.24) is 5.32 Å². The van der Waals surface area contributed by atoms with E-state index in [0.29, 0.717) is 22.8 Å². The van der Waals surface area contributed by atoms with Gasteiger partial charge in [0, 0.05) is 6.54 Å². The van der Waals surface area contributed by atoms with Gasteiger partial charge in [-0.15, -0.1) is 0 Å². The molecule has 0 aromatic heterocycles. The van der Waals surface area contributed by atoms with Gasteiger partial charge in [-0.3, -0.25) is 9.59 Å². The highest BCUT2D eigenvalue weighted by Crippen LogP contribution is 2.41. The predicted octanol–water partition coefficient (Wildman–Crippen LogP) is 2.23. The molecule has 0 spiro atoms. The molecule has 31 heavy (non-hydrogen) atoms. The molecule has 1 aromatic carbocycles. The summed E-state index contributed by atoms with van der Waals surface area (Å²) in [6.07, 6.45) is 0. The zero-order chi connectivity index (χ0) is 22.5. The van der Waals surface area contributed by atoms with Crippen LogP contribution in [-0.2, 0) is 25.7 Å². The molecule has 162 valence electrons. The summed E-state index contributed by atoms with van der Waals surface area (Å²) in [5.74, 6) is -3.00.